The molecule has 144 valence electrons. The minimum absolute atomic E-state index is 0.0318. The fourth-order valence-corrected chi connectivity index (χ4v) is 4.04. The van der Waals surface area contributed by atoms with E-state index in [1.165, 1.54) is 12.1 Å². The summed E-state index contributed by atoms with van der Waals surface area (Å²) in [5.74, 6) is -0.296. The second-order valence-corrected chi connectivity index (χ2v) is 8.48. The highest BCUT2D eigenvalue weighted by atomic mass is 32.2. The second-order valence-electron chi connectivity index (χ2n) is 6.79. The standard InChI is InChI=1S/C20H24N2O4S/c1-14-5-8-16(9-6-14)22-27(24,25)18-10-7-15(2)19(12-18)20(23)21-13-17-4-3-11-26-17/h5-10,12,17,22H,3-4,11,13H2,1-2H3,(H,21,23). The van der Waals surface area contributed by atoms with Gasteiger partial charge in [-0.05, 0) is 56.5 Å². The summed E-state index contributed by atoms with van der Waals surface area (Å²) in [5, 5.41) is 2.84. The molecule has 0 spiro atoms. The van der Waals surface area contributed by atoms with Crippen molar-refractivity contribution >= 4 is 21.6 Å². The van der Waals surface area contributed by atoms with Crippen molar-refractivity contribution in [3.05, 3.63) is 59.2 Å². The van der Waals surface area contributed by atoms with Gasteiger partial charge in [-0.3, -0.25) is 9.52 Å². The van der Waals surface area contributed by atoms with Crippen LogP contribution in [0.5, 0.6) is 0 Å². The van der Waals surface area contributed by atoms with E-state index >= 15 is 0 Å². The lowest BCUT2D eigenvalue weighted by atomic mass is 10.1. The monoisotopic (exact) mass is 388 g/mol. The van der Waals surface area contributed by atoms with Crippen LogP contribution in [0.25, 0.3) is 0 Å². The Hall–Kier alpha value is -2.38. The van der Waals surface area contributed by atoms with E-state index in [1.807, 2.05) is 19.1 Å². The SMILES string of the molecule is Cc1ccc(NS(=O)(=O)c2ccc(C)c(C(=O)NCC3CCCO3)c2)cc1. The first-order valence-electron chi connectivity index (χ1n) is 8.95. The predicted octanol–water partition coefficient (Wildman–Crippen LogP) is 3.01. The van der Waals surface area contributed by atoms with Gasteiger partial charge in [0.25, 0.3) is 15.9 Å². The van der Waals surface area contributed by atoms with E-state index in [2.05, 4.69) is 10.0 Å². The number of ether oxygens (including phenoxy) is 1. The summed E-state index contributed by atoms with van der Waals surface area (Å²) < 4.78 is 33.4. The summed E-state index contributed by atoms with van der Waals surface area (Å²) in [6.07, 6.45) is 1.95. The van der Waals surface area contributed by atoms with Crippen molar-refractivity contribution in [3.63, 3.8) is 0 Å². The summed E-state index contributed by atoms with van der Waals surface area (Å²) in [6, 6.07) is 11.6. The Balaban J connectivity index is 1.76. The maximum atomic E-state index is 12.7. The molecule has 1 heterocycles. The summed E-state index contributed by atoms with van der Waals surface area (Å²) in [6.45, 7) is 4.86. The largest absolute Gasteiger partial charge is 0.376 e. The van der Waals surface area contributed by atoms with Crippen molar-refractivity contribution in [3.8, 4) is 0 Å². The molecule has 0 aliphatic carbocycles. The number of carbonyl (C=O) groups is 1. The minimum atomic E-state index is -3.78. The van der Waals surface area contributed by atoms with Crippen molar-refractivity contribution in [2.24, 2.45) is 0 Å². The molecule has 2 aromatic rings. The van der Waals surface area contributed by atoms with Crippen molar-refractivity contribution in [1.82, 2.24) is 5.32 Å². The zero-order chi connectivity index (χ0) is 19.4. The molecule has 0 saturated carbocycles. The fraction of sp³-hybridized carbons (Fsp3) is 0.350. The van der Waals surface area contributed by atoms with Crippen molar-refractivity contribution in [1.29, 1.82) is 0 Å². The highest BCUT2D eigenvalue weighted by molar-refractivity contribution is 7.92. The Kier molecular flexibility index (Phi) is 5.82. The Labute approximate surface area is 160 Å². The molecule has 1 saturated heterocycles. The Morgan fingerprint density at radius 2 is 1.89 bits per heavy atom. The molecule has 6 nitrogen and oxygen atoms in total. The first-order chi connectivity index (χ1) is 12.8. The van der Waals surface area contributed by atoms with Crippen LogP contribution in [0.1, 0.15) is 34.3 Å². The molecule has 1 atom stereocenters. The zero-order valence-corrected chi connectivity index (χ0v) is 16.3. The van der Waals surface area contributed by atoms with Crippen molar-refractivity contribution in [2.75, 3.05) is 17.9 Å². The van der Waals surface area contributed by atoms with Gasteiger partial charge in [0.2, 0.25) is 0 Å². The zero-order valence-electron chi connectivity index (χ0n) is 15.5. The molecular formula is C20H24N2O4S. The second kappa shape index (κ2) is 8.10. The summed E-state index contributed by atoms with van der Waals surface area (Å²) in [4.78, 5) is 12.6. The molecule has 1 amide bonds. The number of hydrogen-bond donors (Lipinski definition) is 2. The topological polar surface area (TPSA) is 84.5 Å². The highest BCUT2D eigenvalue weighted by Crippen LogP contribution is 2.20. The molecule has 1 unspecified atom stereocenters. The van der Waals surface area contributed by atoms with Crippen LogP contribution >= 0.6 is 0 Å². The molecule has 2 N–H and O–H groups in total. The molecule has 27 heavy (non-hydrogen) atoms. The van der Waals surface area contributed by atoms with Crippen LogP contribution < -0.4 is 10.0 Å². The van der Waals surface area contributed by atoms with Gasteiger partial charge in [0.1, 0.15) is 0 Å². The van der Waals surface area contributed by atoms with Crippen LogP contribution in [0.15, 0.2) is 47.4 Å². The van der Waals surface area contributed by atoms with Crippen LogP contribution in [-0.4, -0.2) is 33.6 Å². The van der Waals surface area contributed by atoms with Gasteiger partial charge < -0.3 is 10.1 Å². The molecule has 2 aromatic carbocycles. The number of hydrogen-bond acceptors (Lipinski definition) is 4. The molecule has 7 heteroatoms. The average molecular weight is 388 g/mol. The van der Waals surface area contributed by atoms with E-state index in [9.17, 15) is 13.2 Å². The van der Waals surface area contributed by atoms with Gasteiger partial charge in [0, 0.05) is 24.4 Å². The maximum absolute atomic E-state index is 12.7. The number of benzene rings is 2. The van der Waals surface area contributed by atoms with Gasteiger partial charge >= 0.3 is 0 Å². The van der Waals surface area contributed by atoms with E-state index in [0.29, 0.717) is 23.4 Å². The first-order valence-corrected chi connectivity index (χ1v) is 10.4. The summed E-state index contributed by atoms with van der Waals surface area (Å²) in [5.41, 5.74) is 2.58. The van der Waals surface area contributed by atoms with Gasteiger partial charge in [-0.2, -0.15) is 0 Å². The molecule has 1 fully saturated rings. The lowest BCUT2D eigenvalue weighted by Gasteiger charge is -2.14. The summed E-state index contributed by atoms with van der Waals surface area (Å²) >= 11 is 0. The fourth-order valence-electron chi connectivity index (χ4n) is 2.96. The van der Waals surface area contributed by atoms with Crippen molar-refractivity contribution in [2.45, 2.75) is 37.7 Å². The van der Waals surface area contributed by atoms with Gasteiger partial charge in [-0.25, -0.2) is 8.42 Å². The molecule has 0 aromatic heterocycles. The third-order valence-electron chi connectivity index (χ3n) is 4.58. The Morgan fingerprint density at radius 3 is 2.56 bits per heavy atom. The average Bonchev–Trinajstić information content (AvgIpc) is 3.15. The predicted molar refractivity (Wildman–Crippen MR) is 104 cm³/mol. The number of rotatable bonds is 6. The normalized spacial score (nSPS) is 16.9. The maximum Gasteiger partial charge on any atom is 0.261 e. The van der Waals surface area contributed by atoms with Crippen LogP contribution in [0.4, 0.5) is 5.69 Å². The van der Waals surface area contributed by atoms with Crippen molar-refractivity contribution < 1.29 is 17.9 Å². The van der Waals surface area contributed by atoms with Crippen LogP contribution in [0, 0.1) is 13.8 Å². The van der Waals surface area contributed by atoms with Gasteiger partial charge in [-0.15, -0.1) is 0 Å². The molecular weight excluding hydrogens is 364 g/mol. The number of sulfonamides is 1. The number of nitrogens with one attached hydrogen (secondary N) is 2. The van der Waals surface area contributed by atoms with E-state index in [4.69, 9.17) is 4.74 Å². The first kappa shape index (κ1) is 19.4. The van der Waals surface area contributed by atoms with Gasteiger partial charge in [-0.1, -0.05) is 23.8 Å². The van der Waals surface area contributed by atoms with E-state index in [1.54, 1.807) is 25.1 Å². The highest BCUT2D eigenvalue weighted by Gasteiger charge is 2.20. The molecule has 1 aliphatic rings. The smallest absolute Gasteiger partial charge is 0.261 e. The number of anilines is 1. The third-order valence-corrected chi connectivity index (χ3v) is 5.96. The van der Waals surface area contributed by atoms with Gasteiger partial charge in [0.15, 0.2) is 0 Å². The minimum Gasteiger partial charge on any atom is -0.376 e. The van der Waals surface area contributed by atoms with E-state index in [-0.39, 0.29) is 16.9 Å². The lowest BCUT2D eigenvalue weighted by Crippen LogP contribution is -2.32. The van der Waals surface area contributed by atoms with E-state index < -0.39 is 10.0 Å². The number of aryl methyl sites for hydroxylation is 2. The molecule has 3 rings (SSSR count). The van der Waals surface area contributed by atoms with Crippen LogP contribution in [-0.2, 0) is 14.8 Å². The Morgan fingerprint density at radius 1 is 1.15 bits per heavy atom. The summed E-state index contributed by atoms with van der Waals surface area (Å²) in [7, 11) is -3.78. The number of amides is 1. The van der Waals surface area contributed by atoms with Gasteiger partial charge in [0.05, 0.1) is 11.0 Å². The molecule has 0 radical (unpaired) electrons. The van der Waals surface area contributed by atoms with Crippen LogP contribution in [0.2, 0.25) is 0 Å². The molecule has 0 bridgehead atoms. The third kappa shape index (κ3) is 4.87. The Bertz CT molecular complexity index is 917. The number of carbonyl (C=O) groups excluding carboxylic acids is 1. The van der Waals surface area contributed by atoms with E-state index in [0.717, 1.165) is 25.0 Å². The van der Waals surface area contributed by atoms with Crippen LogP contribution in [0.3, 0.4) is 0 Å². The molecule has 1 aliphatic heterocycles. The quantitative estimate of drug-likeness (QED) is 0.797. The lowest BCUT2D eigenvalue weighted by molar-refractivity contribution is 0.0857.